The monoisotopic (exact) mass is 409 g/mol. The van der Waals surface area contributed by atoms with Gasteiger partial charge in [0, 0.05) is 19.4 Å². The highest BCUT2D eigenvalue weighted by molar-refractivity contribution is 7.91. The van der Waals surface area contributed by atoms with Crippen molar-refractivity contribution in [1.82, 2.24) is 24.1 Å². The molecule has 0 aliphatic heterocycles. The lowest BCUT2D eigenvalue weighted by atomic mass is 10.2. The number of hydrogen-bond acceptors (Lipinski definition) is 5. The molecule has 0 unspecified atom stereocenters. The van der Waals surface area contributed by atoms with Crippen LogP contribution in [0.15, 0.2) is 41.7 Å². The molecule has 0 spiro atoms. The van der Waals surface area contributed by atoms with Crippen LogP contribution in [0.1, 0.15) is 12.5 Å². The van der Waals surface area contributed by atoms with E-state index >= 15 is 0 Å². The number of rotatable bonds is 3. The van der Waals surface area contributed by atoms with E-state index in [-0.39, 0.29) is 33.3 Å². The van der Waals surface area contributed by atoms with Gasteiger partial charge in [-0.2, -0.15) is 18.3 Å². The van der Waals surface area contributed by atoms with E-state index in [0.717, 1.165) is 12.1 Å². The largest absolute Gasteiger partial charge is 0.416 e. The number of imidazole rings is 1. The van der Waals surface area contributed by atoms with Gasteiger partial charge in [0.15, 0.2) is 20.5 Å². The van der Waals surface area contributed by atoms with E-state index in [0.29, 0.717) is 5.52 Å². The fourth-order valence-electron chi connectivity index (χ4n) is 3.02. The number of hydrogen-bond donors (Lipinski definition) is 0. The molecule has 0 atom stereocenters. The minimum absolute atomic E-state index is 0.0995. The van der Waals surface area contributed by atoms with Gasteiger partial charge in [0.05, 0.1) is 22.3 Å². The van der Waals surface area contributed by atoms with Crippen molar-refractivity contribution < 1.29 is 21.6 Å². The molecule has 4 aromatic rings. The average molecular weight is 409 g/mol. The number of sulfone groups is 1. The third kappa shape index (κ3) is 2.73. The summed E-state index contributed by atoms with van der Waals surface area (Å²) in [5.41, 5.74) is 0.114. The Hall–Kier alpha value is -2.95. The number of fused-ring (bicyclic) bond motifs is 2. The predicted molar refractivity (Wildman–Crippen MR) is 95.4 cm³/mol. The van der Waals surface area contributed by atoms with E-state index in [1.807, 2.05) is 0 Å². The lowest BCUT2D eigenvalue weighted by Gasteiger charge is -2.06. The van der Waals surface area contributed by atoms with E-state index in [1.54, 1.807) is 19.3 Å². The summed E-state index contributed by atoms with van der Waals surface area (Å²) in [5, 5.41) is 3.93. The van der Waals surface area contributed by atoms with Crippen LogP contribution >= 0.6 is 0 Å². The molecule has 0 aliphatic rings. The fourth-order valence-corrected chi connectivity index (χ4v) is 4.00. The van der Waals surface area contributed by atoms with Crippen LogP contribution in [-0.4, -0.2) is 38.3 Å². The number of aromatic nitrogens is 5. The maximum atomic E-state index is 13.0. The molecule has 0 fully saturated rings. The predicted octanol–water partition coefficient (Wildman–Crippen LogP) is 3.10. The normalized spacial score (nSPS) is 12.9. The zero-order chi connectivity index (χ0) is 20.3. The molecule has 0 N–H and O–H groups in total. The van der Waals surface area contributed by atoms with Gasteiger partial charge in [0.2, 0.25) is 0 Å². The van der Waals surface area contributed by atoms with Crippen LogP contribution in [0.5, 0.6) is 0 Å². The Morgan fingerprint density at radius 3 is 2.64 bits per heavy atom. The summed E-state index contributed by atoms with van der Waals surface area (Å²) in [6.07, 6.45) is -1.48. The van der Waals surface area contributed by atoms with Gasteiger partial charge in [-0.3, -0.25) is 0 Å². The lowest BCUT2D eigenvalue weighted by Crippen LogP contribution is -2.07. The van der Waals surface area contributed by atoms with Crippen molar-refractivity contribution in [3.63, 3.8) is 0 Å². The molecular weight excluding hydrogens is 395 g/mol. The molecule has 0 amide bonds. The van der Waals surface area contributed by atoms with Crippen LogP contribution in [0.3, 0.4) is 0 Å². The molecule has 0 radical (unpaired) electrons. The van der Waals surface area contributed by atoms with E-state index in [2.05, 4.69) is 15.1 Å². The highest BCUT2D eigenvalue weighted by Crippen LogP contribution is 2.35. The molecule has 11 heteroatoms. The van der Waals surface area contributed by atoms with Gasteiger partial charge in [-0.05, 0) is 24.3 Å². The number of benzene rings is 1. The van der Waals surface area contributed by atoms with Crippen LogP contribution in [0.25, 0.3) is 28.1 Å². The number of nitrogens with zero attached hydrogens (tertiary/aromatic N) is 5. The molecule has 1 aromatic carbocycles. The van der Waals surface area contributed by atoms with Crippen LogP contribution in [0, 0.1) is 0 Å². The summed E-state index contributed by atoms with van der Waals surface area (Å²) in [5.74, 6) is -0.0125. The van der Waals surface area contributed by atoms with E-state index in [9.17, 15) is 21.6 Å². The summed E-state index contributed by atoms with van der Waals surface area (Å²) in [7, 11) is -2.13. The first-order valence-electron chi connectivity index (χ1n) is 8.23. The first kappa shape index (κ1) is 18.4. The SMILES string of the molecule is CCS(=O)(=O)c1nn2cccnc2c1-c1nc2cc(C(F)(F)F)ccc2n1C. The number of halogens is 3. The second-order valence-corrected chi connectivity index (χ2v) is 8.36. The van der Waals surface area contributed by atoms with Crippen molar-refractivity contribution in [2.75, 3.05) is 5.75 Å². The fraction of sp³-hybridized carbons (Fsp3) is 0.235. The zero-order valence-corrected chi connectivity index (χ0v) is 15.6. The third-order valence-corrected chi connectivity index (χ3v) is 6.10. The highest BCUT2D eigenvalue weighted by atomic mass is 32.2. The second-order valence-electron chi connectivity index (χ2n) is 6.17. The summed E-state index contributed by atoms with van der Waals surface area (Å²) in [6.45, 7) is 1.49. The van der Waals surface area contributed by atoms with E-state index < -0.39 is 21.6 Å². The lowest BCUT2D eigenvalue weighted by molar-refractivity contribution is -0.137. The summed E-state index contributed by atoms with van der Waals surface area (Å²) >= 11 is 0. The first-order valence-corrected chi connectivity index (χ1v) is 9.89. The van der Waals surface area contributed by atoms with Gasteiger partial charge in [0.25, 0.3) is 0 Å². The van der Waals surface area contributed by atoms with Crippen LogP contribution in [-0.2, 0) is 23.1 Å². The van der Waals surface area contributed by atoms with Gasteiger partial charge < -0.3 is 4.57 Å². The Morgan fingerprint density at radius 1 is 1.21 bits per heavy atom. The molecule has 3 aromatic heterocycles. The van der Waals surface area contributed by atoms with Gasteiger partial charge in [-0.1, -0.05) is 6.92 Å². The van der Waals surface area contributed by atoms with Crippen molar-refractivity contribution in [2.24, 2.45) is 7.05 Å². The molecule has 0 saturated carbocycles. The Labute approximate surface area is 157 Å². The Balaban J connectivity index is 2.07. The van der Waals surface area contributed by atoms with Crippen LogP contribution in [0.2, 0.25) is 0 Å². The smallest absolute Gasteiger partial charge is 0.327 e. The quantitative estimate of drug-likeness (QED) is 0.519. The molecule has 3 heterocycles. The standard InChI is InChI=1S/C17H14F3N5O2S/c1-3-28(26,27)16-13(14-21-7-4-8-25(14)23-16)15-22-11-9-10(17(18,19)20)5-6-12(11)24(15)2/h4-9H,3H2,1-2H3. The molecule has 0 bridgehead atoms. The number of alkyl halides is 3. The second kappa shape index (κ2) is 6.03. The van der Waals surface area contributed by atoms with Crippen LogP contribution in [0.4, 0.5) is 13.2 Å². The summed E-state index contributed by atoms with van der Waals surface area (Å²) in [6, 6.07) is 4.80. The van der Waals surface area contributed by atoms with Gasteiger partial charge in [-0.25, -0.2) is 22.9 Å². The van der Waals surface area contributed by atoms with Crippen molar-refractivity contribution in [2.45, 2.75) is 18.1 Å². The molecule has 7 nitrogen and oxygen atoms in total. The molecule has 28 heavy (non-hydrogen) atoms. The van der Waals surface area contributed by atoms with Gasteiger partial charge in [0.1, 0.15) is 11.4 Å². The van der Waals surface area contributed by atoms with E-state index in [4.69, 9.17) is 0 Å². The van der Waals surface area contributed by atoms with Crippen molar-refractivity contribution >= 4 is 26.5 Å². The molecule has 146 valence electrons. The Morgan fingerprint density at radius 2 is 1.96 bits per heavy atom. The molecule has 0 saturated heterocycles. The zero-order valence-electron chi connectivity index (χ0n) is 14.8. The molecule has 0 aliphatic carbocycles. The minimum atomic E-state index is -4.51. The van der Waals surface area contributed by atoms with E-state index in [1.165, 1.54) is 28.3 Å². The highest BCUT2D eigenvalue weighted by Gasteiger charge is 2.32. The molecule has 4 rings (SSSR count). The Kier molecular flexibility index (Phi) is 3.96. The van der Waals surface area contributed by atoms with Crippen molar-refractivity contribution in [3.05, 3.63) is 42.2 Å². The third-order valence-electron chi connectivity index (χ3n) is 4.47. The average Bonchev–Trinajstić information content (AvgIpc) is 3.19. The van der Waals surface area contributed by atoms with Crippen molar-refractivity contribution in [1.29, 1.82) is 0 Å². The first-order chi connectivity index (χ1) is 13.1. The minimum Gasteiger partial charge on any atom is -0.327 e. The summed E-state index contributed by atoms with van der Waals surface area (Å²) in [4.78, 5) is 8.49. The van der Waals surface area contributed by atoms with Crippen LogP contribution < -0.4 is 0 Å². The number of aryl methyl sites for hydroxylation is 1. The van der Waals surface area contributed by atoms with Crippen molar-refractivity contribution in [3.8, 4) is 11.4 Å². The molecular formula is C17H14F3N5O2S. The maximum Gasteiger partial charge on any atom is 0.416 e. The van der Waals surface area contributed by atoms with Gasteiger partial charge >= 0.3 is 6.18 Å². The van der Waals surface area contributed by atoms with Gasteiger partial charge in [-0.15, -0.1) is 0 Å². The summed E-state index contributed by atoms with van der Waals surface area (Å²) < 4.78 is 67.1. The Bertz CT molecular complexity index is 1320. The topological polar surface area (TPSA) is 82.2 Å². The maximum absolute atomic E-state index is 13.0.